The normalized spacial score (nSPS) is 2.00. The van der Waals surface area contributed by atoms with Gasteiger partial charge in [0.2, 0.25) is 0 Å². The van der Waals surface area contributed by atoms with Crippen molar-refractivity contribution in [3.8, 4) is 5.38 Å². The molecule has 0 aromatic carbocycles. The molecule has 0 amide bonds. The van der Waals surface area contributed by atoms with Crippen LogP contribution >= 0.6 is 11.6 Å². The molecule has 0 N–H and O–H groups in total. The average molecular weight is 123 g/mol. The molecule has 2 heteroatoms. The van der Waals surface area contributed by atoms with E-state index in [0.717, 1.165) is 0 Å². The van der Waals surface area contributed by atoms with Crippen molar-refractivity contribution >= 4 is 11.6 Å². The van der Waals surface area contributed by atoms with Crippen LogP contribution in [0.1, 0.15) is 0 Å². The van der Waals surface area contributed by atoms with Crippen molar-refractivity contribution in [2.45, 2.75) is 0 Å². The predicted molar refractivity (Wildman–Crippen MR) is 13.0 cm³/mol. The number of rotatable bonds is 0. The quantitative estimate of drug-likeness (QED) is 0.253. The molecule has 0 saturated heterocycles. The van der Waals surface area contributed by atoms with Crippen molar-refractivity contribution in [2.75, 3.05) is 0 Å². The first-order valence-electron chi connectivity index (χ1n) is 0.439. The van der Waals surface area contributed by atoms with Crippen molar-refractivity contribution in [2.24, 2.45) is 0 Å². The Labute approximate surface area is 41.0 Å². The van der Waals surface area contributed by atoms with Gasteiger partial charge >= 0.3 is 17.1 Å². The smallest absolute Gasteiger partial charge is 0.675 e. The van der Waals surface area contributed by atoms with E-state index in [1.165, 1.54) is 5.38 Å². The van der Waals surface area contributed by atoms with Crippen LogP contribution in [-0.4, -0.2) is 0 Å². The zero-order chi connectivity index (χ0) is 2.71. The molecule has 4 heavy (non-hydrogen) atoms. The Kier molecular flexibility index (Phi) is 22.3. The molecule has 0 aliphatic rings. The Morgan fingerprint density at radius 2 is 1.75 bits per heavy atom. The third kappa shape index (κ3) is 32.6. The van der Waals surface area contributed by atoms with Crippen LogP contribution in [0.4, 0.5) is 0 Å². The van der Waals surface area contributed by atoms with Gasteiger partial charge in [-0.1, -0.05) is 11.6 Å². The van der Waals surface area contributed by atoms with Crippen LogP contribution < -0.4 is 0 Å². The van der Waals surface area contributed by atoms with E-state index in [0.29, 0.717) is 0 Å². The summed E-state index contributed by atoms with van der Waals surface area (Å²) >= 11 is 4.42. The maximum absolute atomic E-state index is 5.72. The summed E-state index contributed by atoms with van der Waals surface area (Å²) in [5.74, 6) is 0. The molecule has 0 aliphatic heterocycles. The minimum Gasteiger partial charge on any atom is -0.675 e. The standard InChI is InChI=1S/C2Cl.Cu/c1-2-3;/q-1;+1. The van der Waals surface area contributed by atoms with Crippen molar-refractivity contribution in [1.29, 1.82) is 0 Å². The van der Waals surface area contributed by atoms with Gasteiger partial charge in [-0.05, 0) is 0 Å². The second-order valence-electron chi connectivity index (χ2n) is 0.0945. The van der Waals surface area contributed by atoms with Gasteiger partial charge in [0.05, 0.1) is 0 Å². The average Bonchev–Trinajstić information content (AvgIpc) is 0.918. The minimum atomic E-state index is 0. The van der Waals surface area contributed by atoms with Crippen LogP contribution in [-0.2, 0) is 17.1 Å². The van der Waals surface area contributed by atoms with Gasteiger partial charge in [-0.3, -0.25) is 5.38 Å². The summed E-state index contributed by atoms with van der Waals surface area (Å²) in [5.41, 5.74) is 0. The van der Waals surface area contributed by atoms with Gasteiger partial charge in [0.25, 0.3) is 0 Å². The second-order valence-corrected chi connectivity index (χ2v) is 0.283. The van der Waals surface area contributed by atoms with E-state index in [4.69, 9.17) is 6.42 Å². The first kappa shape index (κ1) is 8.84. The molecule has 0 aliphatic carbocycles. The molecule has 0 atom stereocenters. The van der Waals surface area contributed by atoms with Crippen molar-refractivity contribution in [3.05, 3.63) is 6.42 Å². The van der Waals surface area contributed by atoms with Crippen LogP contribution in [0.5, 0.6) is 0 Å². The zero-order valence-electron chi connectivity index (χ0n) is 1.68. The fourth-order valence-electron chi connectivity index (χ4n) is 0. The van der Waals surface area contributed by atoms with Crippen molar-refractivity contribution in [3.63, 3.8) is 0 Å². The first-order chi connectivity index (χ1) is 1.41. The molecule has 0 saturated carbocycles. The van der Waals surface area contributed by atoms with Crippen LogP contribution in [0.15, 0.2) is 0 Å². The molecular formula is C2ClCu. The topological polar surface area (TPSA) is 0 Å². The van der Waals surface area contributed by atoms with Gasteiger partial charge in [0.15, 0.2) is 0 Å². The fourth-order valence-corrected chi connectivity index (χ4v) is 0. The maximum atomic E-state index is 5.72. The van der Waals surface area contributed by atoms with Crippen LogP contribution in [0.25, 0.3) is 0 Å². The molecule has 0 nitrogen and oxygen atoms in total. The molecule has 0 heterocycles. The van der Waals surface area contributed by atoms with Gasteiger partial charge in [-0.25, -0.2) is 0 Å². The Bertz CT molecular complexity index is 27.5. The van der Waals surface area contributed by atoms with E-state index in [1.807, 2.05) is 0 Å². The molecule has 0 rings (SSSR count). The van der Waals surface area contributed by atoms with Crippen LogP contribution in [0, 0.1) is 11.8 Å². The van der Waals surface area contributed by atoms with E-state index in [9.17, 15) is 0 Å². The minimum absolute atomic E-state index is 0. The van der Waals surface area contributed by atoms with Gasteiger partial charge in [-0.15, -0.1) is 0 Å². The van der Waals surface area contributed by atoms with Gasteiger partial charge in [0, 0.05) is 0 Å². The predicted octanol–water partition coefficient (Wildman–Crippen LogP) is 0.770. The molecule has 0 bridgehead atoms. The third-order valence-electron chi connectivity index (χ3n) is 0. The Morgan fingerprint density at radius 1 is 1.75 bits per heavy atom. The summed E-state index contributed by atoms with van der Waals surface area (Å²) in [5, 5.41) is 1.47. The summed E-state index contributed by atoms with van der Waals surface area (Å²) in [4.78, 5) is 0. The van der Waals surface area contributed by atoms with E-state index in [2.05, 4.69) is 11.6 Å². The van der Waals surface area contributed by atoms with E-state index < -0.39 is 0 Å². The molecule has 0 aromatic rings. The summed E-state index contributed by atoms with van der Waals surface area (Å²) < 4.78 is 0. The molecule has 0 fully saturated rings. The summed E-state index contributed by atoms with van der Waals surface area (Å²) in [6, 6.07) is 0. The van der Waals surface area contributed by atoms with E-state index in [1.54, 1.807) is 0 Å². The van der Waals surface area contributed by atoms with Gasteiger partial charge < -0.3 is 6.42 Å². The van der Waals surface area contributed by atoms with Crippen molar-refractivity contribution in [1.82, 2.24) is 0 Å². The molecular weight excluding hydrogens is 123 g/mol. The molecule has 26 valence electrons. The largest absolute Gasteiger partial charge is 1.00 e. The fraction of sp³-hybridized carbons (Fsp3) is 0. The maximum Gasteiger partial charge on any atom is 1.00 e. The Morgan fingerprint density at radius 3 is 1.75 bits per heavy atom. The Balaban J connectivity index is 0. The summed E-state index contributed by atoms with van der Waals surface area (Å²) in [6.45, 7) is 0. The van der Waals surface area contributed by atoms with Gasteiger partial charge in [0.1, 0.15) is 0 Å². The number of hydrogen-bond acceptors (Lipinski definition) is 0. The third-order valence-corrected chi connectivity index (χ3v) is 0. The molecule has 0 radical (unpaired) electrons. The SMILES string of the molecule is [C-]#CCl.[Cu+]. The second kappa shape index (κ2) is 10.1. The monoisotopic (exact) mass is 122 g/mol. The van der Waals surface area contributed by atoms with Gasteiger partial charge in [-0.2, -0.15) is 0 Å². The molecule has 0 aromatic heterocycles. The number of hydrogen-bond donors (Lipinski definition) is 0. The van der Waals surface area contributed by atoms with E-state index >= 15 is 0 Å². The zero-order valence-corrected chi connectivity index (χ0v) is 3.38. The Hall–Kier alpha value is 0.369. The van der Waals surface area contributed by atoms with Crippen LogP contribution in [0.2, 0.25) is 0 Å². The number of halogens is 1. The van der Waals surface area contributed by atoms with E-state index in [-0.39, 0.29) is 17.1 Å². The van der Waals surface area contributed by atoms with Crippen LogP contribution in [0.3, 0.4) is 0 Å². The summed E-state index contributed by atoms with van der Waals surface area (Å²) in [7, 11) is 0. The summed E-state index contributed by atoms with van der Waals surface area (Å²) in [6.07, 6.45) is 5.72. The van der Waals surface area contributed by atoms with Crippen molar-refractivity contribution < 1.29 is 17.1 Å². The molecule has 0 spiro atoms. The first-order valence-corrected chi connectivity index (χ1v) is 0.817. The molecule has 0 unspecified atom stereocenters.